The normalized spacial score (nSPS) is 12.2. The van der Waals surface area contributed by atoms with Gasteiger partial charge in [-0.2, -0.15) is 10.1 Å². The van der Waals surface area contributed by atoms with Crippen LogP contribution in [0, 0.1) is 0 Å². The van der Waals surface area contributed by atoms with Crippen molar-refractivity contribution in [2.75, 3.05) is 24.8 Å². The maximum Gasteiger partial charge on any atom is 0.222 e. The fourth-order valence-electron chi connectivity index (χ4n) is 3.99. The Bertz CT molecular complexity index is 1180. The standard InChI is InChI=1S/C23H30N8O2/c1-3-4-18(7-10-32)27-22-21-19(28-23(24)29-22)12-26-31(21)14-17-6-5-16(11-20(17)33-2)13-30-9-8-25-15-30/h5-6,8-9,11-12,15,18,32H,3-4,7,10,13-14H2,1-2H3,(H3,24,27,28,29)/t18-/m0/s1. The molecule has 0 spiro atoms. The maximum atomic E-state index is 9.45. The van der Waals surface area contributed by atoms with Crippen molar-refractivity contribution in [2.45, 2.75) is 45.3 Å². The lowest BCUT2D eigenvalue weighted by Gasteiger charge is -2.19. The summed E-state index contributed by atoms with van der Waals surface area (Å²) in [6.07, 6.45) is 9.70. The Morgan fingerprint density at radius 1 is 1.21 bits per heavy atom. The first-order valence-corrected chi connectivity index (χ1v) is 11.1. The van der Waals surface area contributed by atoms with Gasteiger partial charge in [0, 0.05) is 37.2 Å². The van der Waals surface area contributed by atoms with Crippen molar-refractivity contribution in [2.24, 2.45) is 0 Å². The number of imidazole rings is 1. The highest BCUT2D eigenvalue weighted by atomic mass is 16.5. The number of aliphatic hydroxyl groups excluding tert-OH is 1. The van der Waals surface area contributed by atoms with Gasteiger partial charge in [0.15, 0.2) is 5.82 Å². The van der Waals surface area contributed by atoms with Crippen LogP contribution in [0.25, 0.3) is 11.0 Å². The molecular formula is C23H30N8O2. The molecule has 1 aromatic carbocycles. The minimum atomic E-state index is 0.0813. The molecule has 10 nitrogen and oxygen atoms in total. The van der Waals surface area contributed by atoms with Crippen LogP contribution >= 0.6 is 0 Å². The highest BCUT2D eigenvalue weighted by molar-refractivity contribution is 5.86. The number of nitrogens with zero attached hydrogens (tertiary/aromatic N) is 6. The number of rotatable bonds is 11. The van der Waals surface area contributed by atoms with E-state index in [1.807, 2.05) is 21.5 Å². The van der Waals surface area contributed by atoms with Gasteiger partial charge in [-0.05, 0) is 24.5 Å². The van der Waals surface area contributed by atoms with Crippen LogP contribution in [0.2, 0.25) is 0 Å². The number of ether oxygens (including phenoxy) is 1. The number of fused-ring (bicyclic) bond motifs is 1. The van der Waals surface area contributed by atoms with Crippen LogP contribution in [0.15, 0.2) is 43.1 Å². The van der Waals surface area contributed by atoms with Crippen molar-refractivity contribution in [1.29, 1.82) is 0 Å². The summed E-state index contributed by atoms with van der Waals surface area (Å²) in [5.41, 5.74) is 9.49. The average Bonchev–Trinajstić information content (AvgIpc) is 3.45. The largest absolute Gasteiger partial charge is 0.496 e. The molecule has 10 heteroatoms. The molecule has 0 unspecified atom stereocenters. The molecule has 33 heavy (non-hydrogen) atoms. The van der Waals surface area contributed by atoms with Crippen LogP contribution in [0.3, 0.4) is 0 Å². The number of benzene rings is 1. The fourth-order valence-corrected chi connectivity index (χ4v) is 3.99. The van der Waals surface area contributed by atoms with E-state index in [4.69, 9.17) is 10.5 Å². The molecule has 0 bridgehead atoms. The van der Waals surface area contributed by atoms with E-state index in [0.29, 0.717) is 30.8 Å². The fraction of sp³-hybridized carbons (Fsp3) is 0.391. The summed E-state index contributed by atoms with van der Waals surface area (Å²) in [6, 6.07) is 6.25. The molecule has 0 saturated carbocycles. The number of aromatic nitrogens is 6. The molecule has 4 rings (SSSR count). The Labute approximate surface area is 192 Å². The first-order valence-electron chi connectivity index (χ1n) is 11.1. The zero-order chi connectivity index (χ0) is 23.2. The molecule has 0 radical (unpaired) electrons. The van der Waals surface area contributed by atoms with Crippen molar-refractivity contribution in [3.63, 3.8) is 0 Å². The number of nitrogen functional groups attached to an aromatic ring is 1. The van der Waals surface area contributed by atoms with Gasteiger partial charge >= 0.3 is 0 Å². The molecule has 3 aromatic heterocycles. The minimum Gasteiger partial charge on any atom is -0.496 e. The average molecular weight is 451 g/mol. The first kappa shape index (κ1) is 22.5. The zero-order valence-electron chi connectivity index (χ0n) is 19.0. The van der Waals surface area contributed by atoms with Crippen LogP contribution in [0.4, 0.5) is 11.8 Å². The second-order valence-corrected chi connectivity index (χ2v) is 7.99. The van der Waals surface area contributed by atoms with Gasteiger partial charge in [0.05, 0.1) is 26.2 Å². The van der Waals surface area contributed by atoms with Crippen LogP contribution in [0.5, 0.6) is 5.75 Å². The van der Waals surface area contributed by atoms with Gasteiger partial charge in [-0.1, -0.05) is 25.5 Å². The Hall–Kier alpha value is -3.66. The number of aliphatic hydroxyl groups is 1. The Morgan fingerprint density at radius 3 is 2.82 bits per heavy atom. The van der Waals surface area contributed by atoms with Crippen LogP contribution in [0.1, 0.15) is 37.3 Å². The molecule has 0 aliphatic rings. The molecule has 0 fully saturated rings. The maximum absolute atomic E-state index is 9.45. The third-order valence-electron chi connectivity index (χ3n) is 5.56. The minimum absolute atomic E-state index is 0.0813. The first-order chi connectivity index (χ1) is 16.1. The quantitative estimate of drug-likeness (QED) is 0.318. The molecule has 4 aromatic rings. The van der Waals surface area contributed by atoms with Crippen LogP contribution in [-0.4, -0.2) is 54.2 Å². The summed E-state index contributed by atoms with van der Waals surface area (Å²) in [5, 5.41) is 17.4. The van der Waals surface area contributed by atoms with Gasteiger partial charge in [0.1, 0.15) is 16.8 Å². The Kier molecular flexibility index (Phi) is 7.04. The van der Waals surface area contributed by atoms with Gasteiger partial charge in [0.25, 0.3) is 0 Å². The Morgan fingerprint density at radius 2 is 2.09 bits per heavy atom. The van der Waals surface area contributed by atoms with E-state index in [1.165, 1.54) is 0 Å². The molecule has 0 saturated heterocycles. The van der Waals surface area contributed by atoms with Crippen molar-refractivity contribution in [1.82, 2.24) is 29.3 Å². The molecule has 3 heterocycles. The molecule has 4 N–H and O–H groups in total. The molecule has 0 amide bonds. The van der Waals surface area contributed by atoms with Gasteiger partial charge in [-0.15, -0.1) is 0 Å². The van der Waals surface area contributed by atoms with E-state index in [-0.39, 0.29) is 18.6 Å². The predicted molar refractivity (Wildman–Crippen MR) is 127 cm³/mol. The molecule has 1 atom stereocenters. The summed E-state index contributed by atoms with van der Waals surface area (Å²) in [5.74, 6) is 1.59. The SMILES string of the molecule is CCC[C@@H](CCO)Nc1nc(N)nc2cnn(Cc3ccc(Cn4ccnc4)cc3OC)c12. The highest BCUT2D eigenvalue weighted by Crippen LogP contribution is 2.27. The van der Waals surface area contributed by atoms with E-state index in [9.17, 15) is 5.11 Å². The molecule has 174 valence electrons. The number of hydrogen-bond donors (Lipinski definition) is 3. The second kappa shape index (κ2) is 10.3. The number of nitrogens with two attached hydrogens (primary N) is 1. The van der Waals surface area contributed by atoms with Crippen molar-refractivity contribution < 1.29 is 9.84 Å². The molecule has 0 aliphatic carbocycles. The van der Waals surface area contributed by atoms with Gasteiger partial charge in [0.2, 0.25) is 5.95 Å². The topological polar surface area (TPSA) is 129 Å². The molecular weight excluding hydrogens is 420 g/mol. The third kappa shape index (κ3) is 5.23. The third-order valence-corrected chi connectivity index (χ3v) is 5.56. The van der Waals surface area contributed by atoms with E-state index in [1.54, 1.807) is 25.8 Å². The summed E-state index contributed by atoms with van der Waals surface area (Å²) in [4.78, 5) is 12.9. The molecule has 0 aliphatic heterocycles. The number of methoxy groups -OCH3 is 1. The van der Waals surface area contributed by atoms with E-state index < -0.39 is 0 Å². The lowest BCUT2D eigenvalue weighted by Crippen LogP contribution is -2.22. The summed E-state index contributed by atoms with van der Waals surface area (Å²) < 4.78 is 9.54. The van der Waals surface area contributed by atoms with E-state index in [2.05, 4.69) is 44.4 Å². The smallest absolute Gasteiger partial charge is 0.222 e. The second-order valence-electron chi connectivity index (χ2n) is 7.99. The van der Waals surface area contributed by atoms with E-state index >= 15 is 0 Å². The van der Waals surface area contributed by atoms with Gasteiger partial charge in [-0.3, -0.25) is 4.68 Å². The predicted octanol–water partition coefficient (Wildman–Crippen LogP) is 2.67. The van der Waals surface area contributed by atoms with Crippen LogP contribution < -0.4 is 15.8 Å². The van der Waals surface area contributed by atoms with Crippen molar-refractivity contribution in [3.8, 4) is 5.75 Å². The highest BCUT2D eigenvalue weighted by Gasteiger charge is 2.17. The summed E-state index contributed by atoms with van der Waals surface area (Å²) >= 11 is 0. The van der Waals surface area contributed by atoms with Crippen molar-refractivity contribution in [3.05, 3.63) is 54.2 Å². The number of nitrogens with one attached hydrogen (secondary N) is 1. The van der Waals surface area contributed by atoms with Crippen LogP contribution in [-0.2, 0) is 13.1 Å². The summed E-state index contributed by atoms with van der Waals surface area (Å²) in [6.45, 7) is 3.41. The van der Waals surface area contributed by atoms with E-state index in [0.717, 1.165) is 35.2 Å². The lowest BCUT2D eigenvalue weighted by atomic mass is 10.1. The Balaban J connectivity index is 1.64. The number of hydrogen-bond acceptors (Lipinski definition) is 8. The number of anilines is 2. The summed E-state index contributed by atoms with van der Waals surface area (Å²) in [7, 11) is 1.67. The van der Waals surface area contributed by atoms with Crippen molar-refractivity contribution >= 4 is 22.8 Å². The monoisotopic (exact) mass is 450 g/mol. The van der Waals surface area contributed by atoms with Gasteiger partial charge < -0.3 is 25.5 Å². The lowest BCUT2D eigenvalue weighted by molar-refractivity contribution is 0.276. The van der Waals surface area contributed by atoms with Gasteiger partial charge in [-0.25, -0.2) is 9.97 Å². The zero-order valence-corrected chi connectivity index (χ0v) is 19.0.